The summed E-state index contributed by atoms with van der Waals surface area (Å²) in [7, 11) is 0. The van der Waals surface area contributed by atoms with Crippen LogP contribution in [0.15, 0.2) is 11.4 Å². The van der Waals surface area contributed by atoms with E-state index in [1.54, 1.807) is 17.7 Å². The van der Waals surface area contributed by atoms with Gasteiger partial charge in [0.2, 0.25) is 0 Å². The van der Waals surface area contributed by atoms with Crippen molar-refractivity contribution in [1.29, 1.82) is 0 Å². The SMILES string of the molecule is Cc1sc2ncnc(S[C@H](C)C(=O)OC(C)C)c2c1C. The monoisotopic (exact) mass is 310 g/mol. The summed E-state index contributed by atoms with van der Waals surface area (Å²) in [6, 6.07) is 0. The van der Waals surface area contributed by atoms with Gasteiger partial charge in [0.25, 0.3) is 0 Å². The molecule has 0 aliphatic rings. The van der Waals surface area contributed by atoms with E-state index in [1.165, 1.54) is 22.2 Å². The van der Waals surface area contributed by atoms with Gasteiger partial charge in [0.1, 0.15) is 21.4 Å². The number of carbonyl (C=O) groups is 1. The van der Waals surface area contributed by atoms with Crippen molar-refractivity contribution in [2.45, 2.75) is 51.0 Å². The molecule has 0 aliphatic heterocycles. The molecule has 0 unspecified atom stereocenters. The predicted molar refractivity (Wildman–Crippen MR) is 83.4 cm³/mol. The normalized spacial score (nSPS) is 12.9. The Hall–Kier alpha value is -1.14. The van der Waals surface area contributed by atoms with E-state index in [-0.39, 0.29) is 17.3 Å². The van der Waals surface area contributed by atoms with Crippen LogP contribution >= 0.6 is 23.1 Å². The van der Waals surface area contributed by atoms with Crippen molar-refractivity contribution in [3.63, 3.8) is 0 Å². The molecular weight excluding hydrogens is 292 g/mol. The van der Waals surface area contributed by atoms with E-state index in [1.807, 2.05) is 20.8 Å². The fourth-order valence-electron chi connectivity index (χ4n) is 1.78. The number of aryl methyl sites for hydroxylation is 2. The molecule has 2 aromatic heterocycles. The summed E-state index contributed by atoms with van der Waals surface area (Å²) in [5, 5.41) is 1.63. The van der Waals surface area contributed by atoms with Gasteiger partial charge >= 0.3 is 5.97 Å². The number of nitrogens with zero attached hydrogens (tertiary/aromatic N) is 2. The fraction of sp³-hybridized carbons (Fsp3) is 0.500. The van der Waals surface area contributed by atoms with E-state index in [4.69, 9.17) is 4.74 Å². The Morgan fingerprint density at radius 2 is 2.00 bits per heavy atom. The van der Waals surface area contributed by atoms with Crippen molar-refractivity contribution >= 4 is 39.3 Å². The Bertz CT molecular complexity index is 637. The van der Waals surface area contributed by atoms with Crippen LogP contribution in [0, 0.1) is 13.8 Å². The van der Waals surface area contributed by atoms with Gasteiger partial charge in [-0.15, -0.1) is 11.3 Å². The van der Waals surface area contributed by atoms with Gasteiger partial charge in [-0.3, -0.25) is 4.79 Å². The van der Waals surface area contributed by atoms with Crippen LogP contribution in [0.2, 0.25) is 0 Å². The van der Waals surface area contributed by atoms with Crippen LogP contribution in [0.1, 0.15) is 31.2 Å². The van der Waals surface area contributed by atoms with E-state index in [2.05, 4.69) is 23.8 Å². The highest BCUT2D eigenvalue weighted by molar-refractivity contribution is 8.00. The van der Waals surface area contributed by atoms with Crippen molar-refractivity contribution in [2.75, 3.05) is 0 Å². The zero-order chi connectivity index (χ0) is 14.9. The number of esters is 1. The quantitative estimate of drug-likeness (QED) is 0.489. The average Bonchev–Trinajstić information content (AvgIpc) is 2.65. The largest absolute Gasteiger partial charge is 0.462 e. The maximum Gasteiger partial charge on any atom is 0.319 e. The van der Waals surface area contributed by atoms with E-state index >= 15 is 0 Å². The first-order valence-electron chi connectivity index (χ1n) is 6.48. The molecule has 20 heavy (non-hydrogen) atoms. The summed E-state index contributed by atoms with van der Waals surface area (Å²) in [5.74, 6) is -0.207. The molecule has 4 nitrogen and oxygen atoms in total. The lowest BCUT2D eigenvalue weighted by atomic mass is 10.2. The summed E-state index contributed by atoms with van der Waals surface area (Å²) in [5.41, 5.74) is 1.19. The second-order valence-electron chi connectivity index (χ2n) is 4.89. The summed E-state index contributed by atoms with van der Waals surface area (Å²) in [6.07, 6.45) is 1.46. The molecule has 0 saturated heterocycles. The van der Waals surface area contributed by atoms with Crippen LogP contribution < -0.4 is 0 Å². The van der Waals surface area contributed by atoms with Crippen LogP contribution in [0.4, 0.5) is 0 Å². The molecule has 0 fully saturated rings. The summed E-state index contributed by atoms with van der Waals surface area (Å²) in [4.78, 5) is 22.7. The van der Waals surface area contributed by atoms with Crippen molar-refractivity contribution in [3.05, 3.63) is 16.8 Å². The van der Waals surface area contributed by atoms with Crippen molar-refractivity contribution in [3.8, 4) is 0 Å². The molecular formula is C14H18N2O2S2. The highest BCUT2D eigenvalue weighted by Crippen LogP contribution is 2.36. The number of hydrogen-bond donors (Lipinski definition) is 0. The summed E-state index contributed by atoms with van der Waals surface area (Å²) >= 11 is 3.09. The van der Waals surface area contributed by atoms with Gasteiger partial charge < -0.3 is 4.74 Å². The van der Waals surface area contributed by atoms with Crippen LogP contribution in [0.3, 0.4) is 0 Å². The first-order chi connectivity index (χ1) is 9.40. The molecule has 0 amide bonds. The van der Waals surface area contributed by atoms with Gasteiger partial charge in [-0.1, -0.05) is 11.8 Å². The van der Waals surface area contributed by atoms with Gasteiger partial charge in [0.05, 0.1) is 6.10 Å². The van der Waals surface area contributed by atoms with Crippen LogP contribution in [-0.2, 0) is 9.53 Å². The maximum atomic E-state index is 11.9. The molecule has 1 atom stereocenters. The molecule has 2 heterocycles. The third-order valence-electron chi connectivity index (χ3n) is 2.90. The second-order valence-corrected chi connectivity index (χ2v) is 7.42. The summed E-state index contributed by atoms with van der Waals surface area (Å²) < 4.78 is 5.23. The number of rotatable bonds is 4. The number of ether oxygens (including phenoxy) is 1. The van der Waals surface area contributed by atoms with Crippen molar-refractivity contribution in [1.82, 2.24) is 9.97 Å². The lowest BCUT2D eigenvalue weighted by Gasteiger charge is -2.13. The fourth-order valence-corrected chi connectivity index (χ4v) is 3.81. The van der Waals surface area contributed by atoms with Crippen molar-refractivity contribution < 1.29 is 9.53 Å². The van der Waals surface area contributed by atoms with E-state index in [9.17, 15) is 4.79 Å². The standard InChI is InChI=1S/C14H18N2O2S2/c1-7(2)18-14(17)10(5)20-13-11-8(3)9(4)19-12(11)15-6-16-13/h6-7,10H,1-5H3/t10-/m1/s1. The molecule has 0 bridgehead atoms. The zero-order valence-corrected chi connectivity index (χ0v) is 13.9. The first kappa shape index (κ1) is 15.3. The third kappa shape index (κ3) is 3.12. The molecule has 6 heteroatoms. The summed E-state index contributed by atoms with van der Waals surface area (Å²) in [6.45, 7) is 9.69. The number of fused-ring (bicyclic) bond motifs is 1. The Labute approximate surface area is 127 Å². The Kier molecular flexibility index (Phi) is 4.65. The minimum atomic E-state index is -0.282. The van der Waals surface area contributed by atoms with Gasteiger partial charge in [-0.2, -0.15) is 0 Å². The molecule has 2 rings (SSSR count). The predicted octanol–water partition coefficient (Wildman–Crippen LogP) is 3.74. The van der Waals surface area contributed by atoms with Crippen LogP contribution in [0.25, 0.3) is 10.2 Å². The molecule has 0 aromatic carbocycles. The van der Waals surface area contributed by atoms with Gasteiger partial charge in [0.15, 0.2) is 0 Å². The minimum absolute atomic E-state index is 0.0962. The number of thiophene rings is 1. The molecule has 0 aliphatic carbocycles. The third-order valence-corrected chi connectivity index (χ3v) is 5.10. The average molecular weight is 310 g/mol. The highest BCUT2D eigenvalue weighted by atomic mass is 32.2. The Morgan fingerprint density at radius 3 is 2.65 bits per heavy atom. The van der Waals surface area contributed by atoms with Crippen LogP contribution in [-0.4, -0.2) is 27.3 Å². The molecule has 0 N–H and O–H groups in total. The number of thioether (sulfide) groups is 1. The number of hydrogen-bond acceptors (Lipinski definition) is 6. The molecule has 0 spiro atoms. The lowest BCUT2D eigenvalue weighted by molar-refractivity contribution is -0.146. The van der Waals surface area contributed by atoms with Crippen LogP contribution in [0.5, 0.6) is 0 Å². The lowest BCUT2D eigenvalue weighted by Crippen LogP contribution is -2.20. The van der Waals surface area contributed by atoms with Gasteiger partial charge in [0, 0.05) is 10.3 Å². The van der Waals surface area contributed by atoms with E-state index in [0.717, 1.165) is 15.2 Å². The molecule has 2 aromatic rings. The van der Waals surface area contributed by atoms with E-state index in [0.29, 0.717) is 0 Å². The second kappa shape index (κ2) is 6.10. The highest BCUT2D eigenvalue weighted by Gasteiger charge is 2.21. The van der Waals surface area contributed by atoms with E-state index < -0.39 is 0 Å². The molecule has 108 valence electrons. The Morgan fingerprint density at radius 1 is 1.30 bits per heavy atom. The first-order valence-corrected chi connectivity index (χ1v) is 8.17. The minimum Gasteiger partial charge on any atom is -0.462 e. The Balaban J connectivity index is 2.28. The molecule has 0 saturated carbocycles. The number of carbonyl (C=O) groups excluding carboxylic acids is 1. The number of aromatic nitrogens is 2. The smallest absolute Gasteiger partial charge is 0.319 e. The maximum absolute atomic E-state index is 11.9. The topological polar surface area (TPSA) is 52.1 Å². The van der Waals surface area contributed by atoms with Gasteiger partial charge in [-0.25, -0.2) is 9.97 Å². The zero-order valence-electron chi connectivity index (χ0n) is 12.3. The van der Waals surface area contributed by atoms with Gasteiger partial charge in [-0.05, 0) is 40.2 Å². The molecule has 0 radical (unpaired) electrons. The van der Waals surface area contributed by atoms with Crippen molar-refractivity contribution in [2.24, 2.45) is 0 Å².